The average molecular weight is 538 g/mol. The summed E-state index contributed by atoms with van der Waals surface area (Å²) in [4.78, 5) is 12.2. The minimum atomic E-state index is -1.16. The lowest BCUT2D eigenvalue weighted by molar-refractivity contribution is -0.124. The highest BCUT2D eigenvalue weighted by atomic mass is 16.3. The van der Waals surface area contributed by atoms with Crippen LogP contribution in [0.1, 0.15) is 155 Å². The first kappa shape index (κ1) is 36.8. The molecule has 224 valence electrons. The van der Waals surface area contributed by atoms with Gasteiger partial charge in [0.15, 0.2) is 0 Å². The molecular formula is C33H63NO4. The highest BCUT2D eigenvalue weighted by Crippen LogP contribution is 2.13. The molecule has 0 aromatic rings. The van der Waals surface area contributed by atoms with E-state index < -0.39 is 18.2 Å². The summed E-state index contributed by atoms with van der Waals surface area (Å²) in [6.07, 6.45) is 31.2. The molecule has 0 bridgehead atoms. The number of aliphatic hydroxyl groups is 3. The number of aliphatic hydroxyl groups excluding tert-OH is 3. The van der Waals surface area contributed by atoms with E-state index in [-0.39, 0.29) is 12.5 Å². The summed E-state index contributed by atoms with van der Waals surface area (Å²) in [6, 6.07) is -0.826. The van der Waals surface area contributed by atoms with E-state index in [4.69, 9.17) is 0 Å². The number of rotatable bonds is 28. The van der Waals surface area contributed by atoms with Crippen molar-refractivity contribution in [2.75, 3.05) is 6.61 Å². The van der Waals surface area contributed by atoms with E-state index in [0.29, 0.717) is 12.8 Å². The zero-order chi connectivity index (χ0) is 28.1. The molecule has 0 fully saturated rings. The molecule has 0 saturated carbocycles. The predicted octanol–water partition coefficient (Wildman–Crippen LogP) is 7.92. The molecule has 3 unspecified atom stereocenters. The van der Waals surface area contributed by atoms with Gasteiger partial charge in [0.05, 0.1) is 18.8 Å². The third kappa shape index (κ3) is 23.9. The van der Waals surface area contributed by atoms with Crippen molar-refractivity contribution in [2.24, 2.45) is 0 Å². The molecule has 0 aliphatic carbocycles. The number of nitrogens with one attached hydrogen (secondary N) is 1. The summed E-state index contributed by atoms with van der Waals surface area (Å²) >= 11 is 0. The fourth-order valence-electron chi connectivity index (χ4n) is 4.67. The molecule has 4 N–H and O–H groups in total. The van der Waals surface area contributed by atoms with Crippen LogP contribution in [0, 0.1) is 0 Å². The van der Waals surface area contributed by atoms with E-state index in [1.54, 1.807) is 0 Å². The van der Waals surface area contributed by atoms with Crippen molar-refractivity contribution in [2.45, 2.75) is 173 Å². The van der Waals surface area contributed by atoms with Gasteiger partial charge in [0.1, 0.15) is 6.10 Å². The molecule has 0 aliphatic rings. The fraction of sp³-hybridized carbons (Fsp3) is 0.848. The summed E-state index contributed by atoms with van der Waals surface area (Å²) in [7, 11) is 0. The Morgan fingerprint density at radius 3 is 1.61 bits per heavy atom. The van der Waals surface area contributed by atoms with Gasteiger partial charge in [-0.2, -0.15) is 0 Å². The zero-order valence-corrected chi connectivity index (χ0v) is 25.1. The van der Waals surface area contributed by atoms with Gasteiger partial charge in [-0.1, -0.05) is 115 Å². The van der Waals surface area contributed by atoms with Crippen molar-refractivity contribution < 1.29 is 20.1 Å². The Morgan fingerprint density at radius 1 is 0.632 bits per heavy atom. The first-order chi connectivity index (χ1) is 18.6. The molecule has 0 aliphatic heterocycles. The number of carbonyl (C=O) groups excluding carboxylic acids is 1. The van der Waals surface area contributed by atoms with Crippen LogP contribution in [0.2, 0.25) is 0 Å². The Labute approximate surface area is 235 Å². The summed E-state index contributed by atoms with van der Waals surface area (Å²) in [5.74, 6) is -0.172. The largest absolute Gasteiger partial charge is 0.394 e. The Balaban J connectivity index is 3.81. The van der Waals surface area contributed by atoms with E-state index >= 15 is 0 Å². The standard InChI is InChI=1S/C33H63NO4/c1-3-5-7-9-11-13-15-16-17-18-19-21-23-25-27-31(36)33(38)30(29-35)34-32(37)28-26-24-22-20-14-12-10-8-6-4-2/h10,12,19,21,30-31,33,35-36,38H,3-9,11,13-18,20,22-29H2,1-2H3,(H,34,37)/b12-10-,21-19+. The molecular weight excluding hydrogens is 474 g/mol. The zero-order valence-electron chi connectivity index (χ0n) is 25.1. The summed E-state index contributed by atoms with van der Waals surface area (Å²) in [5.41, 5.74) is 0. The van der Waals surface area contributed by atoms with Crippen molar-refractivity contribution in [1.82, 2.24) is 5.32 Å². The molecule has 3 atom stereocenters. The third-order valence-electron chi connectivity index (χ3n) is 7.28. The van der Waals surface area contributed by atoms with Gasteiger partial charge in [-0.3, -0.25) is 4.79 Å². The predicted molar refractivity (Wildman–Crippen MR) is 162 cm³/mol. The Bertz CT molecular complexity index is 563. The van der Waals surface area contributed by atoms with Crippen molar-refractivity contribution >= 4 is 5.91 Å². The minimum absolute atomic E-state index is 0.172. The molecule has 0 aromatic carbocycles. The normalized spacial score (nSPS) is 14.3. The van der Waals surface area contributed by atoms with Crippen LogP contribution in [0.5, 0.6) is 0 Å². The maximum absolute atomic E-state index is 12.2. The highest BCUT2D eigenvalue weighted by molar-refractivity contribution is 5.76. The Hall–Kier alpha value is -1.17. The molecule has 5 heteroatoms. The number of unbranched alkanes of at least 4 members (excludes halogenated alkanes) is 16. The average Bonchev–Trinajstić information content (AvgIpc) is 2.92. The highest BCUT2D eigenvalue weighted by Gasteiger charge is 2.26. The van der Waals surface area contributed by atoms with Crippen molar-refractivity contribution in [3.05, 3.63) is 24.3 Å². The summed E-state index contributed by atoms with van der Waals surface area (Å²) < 4.78 is 0. The molecule has 0 rings (SSSR count). The van der Waals surface area contributed by atoms with Gasteiger partial charge < -0.3 is 20.6 Å². The maximum atomic E-state index is 12.2. The SMILES string of the molecule is CCCC/C=C\CCCCCCC(=O)NC(CO)C(O)C(O)CCC/C=C/CCCCCCCCCCC. The first-order valence-electron chi connectivity index (χ1n) is 16.1. The number of carbonyl (C=O) groups is 1. The maximum Gasteiger partial charge on any atom is 0.220 e. The van der Waals surface area contributed by atoms with Crippen LogP contribution in [0.4, 0.5) is 0 Å². The number of amides is 1. The van der Waals surface area contributed by atoms with Crippen molar-refractivity contribution in [1.29, 1.82) is 0 Å². The molecule has 0 spiro atoms. The van der Waals surface area contributed by atoms with Gasteiger partial charge >= 0.3 is 0 Å². The van der Waals surface area contributed by atoms with Gasteiger partial charge in [0, 0.05) is 6.42 Å². The van der Waals surface area contributed by atoms with Crippen molar-refractivity contribution in [3.63, 3.8) is 0 Å². The second-order valence-electron chi connectivity index (χ2n) is 11.0. The monoisotopic (exact) mass is 537 g/mol. The molecule has 0 saturated heterocycles. The lowest BCUT2D eigenvalue weighted by atomic mass is 10.0. The van der Waals surface area contributed by atoms with Gasteiger partial charge in [-0.05, 0) is 57.8 Å². The van der Waals surface area contributed by atoms with Crippen LogP contribution in [0.25, 0.3) is 0 Å². The number of hydrogen-bond donors (Lipinski definition) is 4. The lowest BCUT2D eigenvalue weighted by Crippen LogP contribution is -2.50. The fourth-order valence-corrected chi connectivity index (χ4v) is 4.67. The molecule has 0 radical (unpaired) electrons. The first-order valence-corrected chi connectivity index (χ1v) is 16.1. The second kappa shape index (κ2) is 28.8. The number of allylic oxidation sites excluding steroid dienone is 4. The van der Waals surface area contributed by atoms with Gasteiger partial charge in [0.2, 0.25) is 5.91 Å². The molecule has 0 heterocycles. The van der Waals surface area contributed by atoms with Crippen LogP contribution in [-0.4, -0.2) is 46.1 Å². The molecule has 5 nitrogen and oxygen atoms in total. The third-order valence-corrected chi connectivity index (χ3v) is 7.28. The van der Waals surface area contributed by atoms with E-state index in [1.807, 2.05) is 0 Å². The Morgan fingerprint density at radius 2 is 1.08 bits per heavy atom. The van der Waals surface area contributed by atoms with Crippen molar-refractivity contribution in [3.8, 4) is 0 Å². The molecule has 38 heavy (non-hydrogen) atoms. The minimum Gasteiger partial charge on any atom is -0.394 e. The lowest BCUT2D eigenvalue weighted by Gasteiger charge is -2.26. The second-order valence-corrected chi connectivity index (χ2v) is 11.0. The van der Waals surface area contributed by atoms with Crippen LogP contribution in [-0.2, 0) is 4.79 Å². The van der Waals surface area contributed by atoms with E-state index in [9.17, 15) is 20.1 Å². The summed E-state index contributed by atoms with van der Waals surface area (Å²) in [6.45, 7) is 4.08. The van der Waals surface area contributed by atoms with Gasteiger partial charge in [-0.25, -0.2) is 0 Å². The van der Waals surface area contributed by atoms with Gasteiger partial charge in [-0.15, -0.1) is 0 Å². The van der Waals surface area contributed by atoms with Gasteiger partial charge in [0.25, 0.3) is 0 Å². The summed E-state index contributed by atoms with van der Waals surface area (Å²) in [5, 5.41) is 33.1. The van der Waals surface area contributed by atoms with Crippen LogP contribution in [0.3, 0.4) is 0 Å². The molecule has 0 aromatic heterocycles. The van der Waals surface area contributed by atoms with Crippen LogP contribution in [0.15, 0.2) is 24.3 Å². The van der Waals surface area contributed by atoms with Crippen LogP contribution >= 0.6 is 0 Å². The molecule has 1 amide bonds. The number of hydrogen-bond acceptors (Lipinski definition) is 4. The Kier molecular flexibility index (Phi) is 27.9. The quantitative estimate of drug-likeness (QED) is 0.0603. The topological polar surface area (TPSA) is 89.8 Å². The smallest absolute Gasteiger partial charge is 0.220 e. The van der Waals surface area contributed by atoms with E-state index in [1.165, 1.54) is 77.0 Å². The van der Waals surface area contributed by atoms with E-state index in [2.05, 4.69) is 43.5 Å². The van der Waals surface area contributed by atoms with Crippen LogP contribution < -0.4 is 5.32 Å². The van der Waals surface area contributed by atoms with E-state index in [0.717, 1.165) is 51.4 Å².